The van der Waals surface area contributed by atoms with E-state index in [1.165, 1.54) is 17.7 Å². The van der Waals surface area contributed by atoms with Gasteiger partial charge in [-0.25, -0.2) is 4.79 Å². The van der Waals surface area contributed by atoms with E-state index in [9.17, 15) is 9.59 Å². The molecule has 0 radical (unpaired) electrons. The van der Waals surface area contributed by atoms with Crippen LogP contribution in [-0.2, 0) is 9.53 Å². The molecule has 1 saturated carbocycles. The summed E-state index contributed by atoms with van der Waals surface area (Å²) in [5.74, 6) is -1.46. The zero-order valence-electron chi connectivity index (χ0n) is 11.7. The number of rotatable bonds is 7. The average molecular weight is 272 g/mol. The quantitative estimate of drug-likeness (QED) is 0.685. The molecule has 19 heavy (non-hydrogen) atoms. The van der Waals surface area contributed by atoms with Gasteiger partial charge in [0, 0.05) is 20.1 Å². The maximum absolute atomic E-state index is 11.7. The molecule has 0 saturated heterocycles. The van der Waals surface area contributed by atoms with Crippen molar-refractivity contribution in [1.29, 1.82) is 0 Å². The second-order valence-corrected chi connectivity index (χ2v) is 5.13. The molecule has 0 aromatic carbocycles. The Bertz CT molecular complexity index is 303. The summed E-state index contributed by atoms with van der Waals surface area (Å²) in [6, 6.07) is -0.261. The van der Waals surface area contributed by atoms with E-state index in [0.29, 0.717) is 19.3 Å². The van der Waals surface area contributed by atoms with Gasteiger partial charge < -0.3 is 20.1 Å². The molecule has 1 rings (SSSR count). The molecule has 1 aliphatic carbocycles. The van der Waals surface area contributed by atoms with Gasteiger partial charge in [0.2, 0.25) is 0 Å². The summed E-state index contributed by atoms with van der Waals surface area (Å²) in [6.45, 7) is 2.75. The number of carboxylic acids is 1. The van der Waals surface area contributed by atoms with Crippen LogP contribution in [0.1, 0.15) is 32.6 Å². The number of aliphatic carboxylic acids is 1. The Morgan fingerprint density at radius 1 is 1.42 bits per heavy atom. The average Bonchev–Trinajstić information content (AvgIpc) is 2.87. The normalized spacial score (nSPS) is 17.2. The molecule has 6 nitrogen and oxygen atoms in total. The van der Waals surface area contributed by atoms with Gasteiger partial charge in [0.1, 0.15) is 0 Å². The summed E-state index contributed by atoms with van der Waals surface area (Å²) in [6.07, 6.45) is 5.04. The van der Waals surface area contributed by atoms with Crippen LogP contribution in [0.25, 0.3) is 0 Å². The van der Waals surface area contributed by atoms with Crippen LogP contribution in [0.4, 0.5) is 4.79 Å². The molecule has 0 spiro atoms. The van der Waals surface area contributed by atoms with E-state index in [1.807, 2.05) is 0 Å². The standard InChI is InChI=1S/C13H24N2O4/c1-10(12(16)17)9-15(2)13(18)14-7-8-19-11-5-3-4-6-11/h10-11H,3-9H2,1-2H3,(H,14,18)(H,16,17). The van der Waals surface area contributed by atoms with Gasteiger partial charge in [0.05, 0.1) is 18.6 Å². The number of hydrogen-bond donors (Lipinski definition) is 2. The molecule has 2 N–H and O–H groups in total. The number of urea groups is 1. The Morgan fingerprint density at radius 3 is 2.63 bits per heavy atom. The SMILES string of the molecule is CC(CN(C)C(=O)NCCOC1CCCC1)C(=O)O. The van der Waals surface area contributed by atoms with E-state index in [2.05, 4.69) is 5.32 Å². The lowest BCUT2D eigenvalue weighted by Crippen LogP contribution is -2.42. The van der Waals surface area contributed by atoms with Crippen molar-refractivity contribution in [3.8, 4) is 0 Å². The van der Waals surface area contributed by atoms with Crippen molar-refractivity contribution >= 4 is 12.0 Å². The minimum Gasteiger partial charge on any atom is -0.481 e. The van der Waals surface area contributed by atoms with Crippen molar-refractivity contribution < 1.29 is 19.4 Å². The van der Waals surface area contributed by atoms with Crippen molar-refractivity contribution in [1.82, 2.24) is 10.2 Å². The number of carbonyl (C=O) groups excluding carboxylic acids is 1. The number of carbonyl (C=O) groups is 2. The van der Waals surface area contributed by atoms with Gasteiger partial charge in [-0.2, -0.15) is 0 Å². The van der Waals surface area contributed by atoms with Crippen LogP contribution in [0.5, 0.6) is 0 Å². The predicted molar refractivity (Wildman–Crippen MR) is 71.0 cm³/mol. The van der Waals surface area contributed by atoms with Crippen molar-refractivity contribution in [2.45, 2.75) is 38.7 Å². The number of amides is 2. The van der Waals surface area contributed by atoms with Crippen LogP contribution in [0.2, 0.25) is 0 Å². The van der Waals surface area contributed by atoms with Crippen LogP contribution in [0.15, 0.2) is 0 Å². The van der Waals surface area contributed by atoms with Crippen LogP contribution in [0, 0.1) is 5.92 Å². The predicted octanol–water partition coefficient (Wildman–Crippen LogP) is 1.31. The minimum absolute atomic E-state index is 0.199. The fourth-order valence-electron chi connectivity index (χ4n) is 2.15. The lowest BCUT2D eigenvalue weighted by Gasteiger charge is -2.20. The van der Waals surface area contributed by atoms with Crippen molar-refractivity contribution in [2.75, 3.05) is 26.7 Å². The zero-order chi connectivity index (χ0) is 14.3. The Balaban J connectivity index is 2.10. The third-order valence-corrected chi connectivity index (χ3v) is 3.35. The molecular weight excluding hydrogens is 248 g/mol. The molecule has 0 aromatic heterocycles. The maximum Gasteiger partial charge on any atom is 0.317 e. The van der Waals surface area contributed by atoms with Gasteiger partial charge in [0.25, 0.3) is 0 Å². The zero-order valence-corrected chi connectivity index (χ0v) is 11.7. The largest absolute Gasteiger partial charge is 0.481 e. The Labute approximate surface area is 114 Å². The van der Waals surface area contributed by atoms with Gasteiger partial charge in [-0.1, -0.05) is 19.8 Å². The van der Waals surface area contributed by atoms with E-state index >= 15 is 0 Å². The van der Waals surface area contributed by atoms with E-state index in [0.717, 1.165) is 12.8 Å². The molecule has 0 heterocycles. The highest BCUT2D eigenvalue weighted by atomic mass is 16.5. The summed E-state index contributed by atoms with van der Waals surface area (Å²) in [5, 5.41) is 11.5. The van der Waals surface area contributed by atoms with Gasteiger partial charge in [-0.15, -0.1) is 0 Å². The topological polar surface area (TPSA) is 78.9 Å². The molecule has 6 heteroatoms. The fraction of sp³-hybridized carbons (Fsp3) is 0.846. The third kappa shape index (κ3) is 5.92. The monoisotopic (exact) mass is 272 g/mol. The fourth-order valence-corrected chi connectivity index (χ4v) is 2.15. The Morgan fingerprint density at radius 2 is 2.05 bits per heavy atom. The summed E-state index contributed by atoms with van der Waals surface area (Å²) in [5.41, 5.74) is 0. The molecule has 0 aromatic rings. The van der Waals surface area contributed by atoms with E-state index in [1.54, 1.807) is 14.0 Å². The highest BCUT2D eigenvalue weighted by Crippen LogP contribution is 2.20. The number of carboxylic acid groups (broad SMARTS) is 1. The van der Waals surface area contributed by atoms with E-state index < -0.39 is 11.9 Å². The van der Waals surface area contributed by atoms with Gasteiger partial charge in [-0.05, 0) is 12.8 Å². The first kappa shape index (κ1) is 15.8. The Kier molecular flexibility index (Phi) is 6.62. The number of nitrogens with one attached hydrogen (secondary N) is 1. The molecule has 110 valence electrons. The van der Waals surface area contributed by atoms with Gasteiger partial charge in [0.15, 0.2) is 0 Å². The van der Waals surface area contributed by atoms with Crippen molar-refractivity contribution in [3.63, 3.8) is 0 Å². The second-order valence-electron chi connectivity index (χ2n) is 5.13. The first-order valence-electron chi connectivity index (χ1n) is 6.84. The number of hydrogen-bond acceptors (Lipinski definition) is 3. The molecule has 1 aliphatic rings. The minimum atomic E-state index is -0.899. The molecule has 1 atom stereocenters. The summed E-state index contributed by atoms with van der Waals surface area (Å²) in [7, 11) is 1.59. The number of ether oxygens (including phenoxy) is 1. The van der Waals surface area contributed by atoms with Crippen LogP contribution >= 0.6 is 0 Å². The van der Waals surface area contributed by atoms with Crippen LogP contribution in [-0.4, -0.2) is 54.9 Å². The highest BCUT2D eigenvalue weighted by molar-refractivity contribution is 5.75. The summed E-state index contributed by atoms with van der Waals surface area (Å²) in [4.78, 5) is 23.7. The highest BCUT2D eigenvalue weighted by Gasteiger charge is 2.17. The van der Waals surface area contributed by atoms with Crippen LogP contribution < -0.4 is 5.32 Å². The van der Waals surface area contributed by atoms with E-state index in [4.69, 9.17) is 9.84 Å². The first-order valence-corrected chi connectivity index (χ1v) is 6.84. The molecule has 2 amide bonds. The maximum atomic E-state index is 11.7. The van der Waals surface area contributed by atoms with Gasteiger partial charge >= 0.3 is 12.0 Å². The number of nitrogens with zero attached hydrogens (tertiary/aromatic N) is 1. The molecular formula is C13H24N2O4. The first-order chi connectivity index (χ1) is 9.00. The van der Waals surface area contributed by atoms with Gasteiger partial charge in [-0.3, -0.25) is 4.79 Å². The third-order valence-electron chi connectivity index (χ3n) is 3.35. The van der Waals surface area contributed by atoms with Crippen molar-refractivity contribution in [3.05, 3.63) is 0 Å². The molecule has 1 unspecified atom stereocenters. The lowest BCUT2D eigenvalue weighted by molar-refractivity contribution is -0.141. The van der Waals surface area contributed by atoms with Crippen molar-refractivity contribution in [2.24, 2.45) is 5.92 Å². The molecule has 0 bridgehead atoms. The summed E-state index contributed by atoms with van der Waals surface area (Å²) >= 11 is 0. The van der Waals surface area contributed by atoms with E-state index in [-0.39, 0.29) is 12.6 Å². The molecule has 0 aliphatic heterocycles. The molecule has 1 fully saturated rings. The summed E-state index contributed by atoms with van der Waals surface area (Å²) < 4.78 is 5.63. The second kappa shape index (κ2) is 7.99. The Hall–Kier alpha value is -1.30. The lowest BCUT2D eigenvalue weighted by atomic mass is 10.2. The van der Waals surface area contributed by atoms with Crippen LogP contribution in [0.3, 0.4) is 0 Å². The smallest absolute Gasteiger partial charge is 0.317 e.